The molecule has 8 heteroatoms. The van der Waals surface area contributed by atoms with E-state index in [1.807, 2.05) is 43.3 Å². The Bertz CT molecular complexity index is 1180. The number of aromatic nitrogens is 1. The van der Waals surface area contributed by atoms with Crippen molar-refractivity contribution in [2.45, 2.75) is 38.1 Å². The summed E-state index contributed by atoms with van der Waals surface area (Å²) in [5, 5.41) is 14.4. The maximum atomic E-state index is 12.4. The average molecular weight is 474 g/mol. The third kappa shape index (κ3) is 5.48. The molecule has 180 valence electrons. The molecule has 0 spiro atoms. The number of carbonyl (C=O) groups excluding carboxylic acids is 2. The van der Waals surface area contributed by atoms with Crippen molar-refractivity contribution >= 4 is 23.7 Å². The highest BCUT2D eigenvalue weighted by Gasteiger charge is 2.29. The van der Waals surface area contributed by atoms with Crippen LogP contribution in [0.1, 0.15) is 53.7 Å². The fourth-order valence-electron chi connectivity index (χ4n) is 4.25. The number of nitrogens with zero attached hydrogens (tertiary/aromatic N) is 1. The van der Waals surface area contributed by atoms with Crippen molar-refractivity contribution in [1.29, 1.82) is 0 Å². The Morgan fingerprint density at radius 1 is 1.00 bits per heavy atom. The van der Waals surface area contributed by atoms with Gasteiger partial charge in [-0.3, -0.25) is 10.1 Å². The van der Waals surface area contributed by atoms with Crippen LogP contribution in [0.4, 0.5) is 10.5 Å². The number of amides is 2. The lowest BCUT2D eigenvalue weighted by atomic mass is 9.98. The highest BCUT2D eigenvalue weighted by Crippen LogP contribution is 2.44. The van der Waals surface area contributed by atoms with Gasteiger partial charge in [0.05, 0.1) is 11.9 Å². The number of anilines is 1. The highest BCUT2D eigenvalue weighted by molar-refractivity contribution is 5.95. The lowest BCUT2D eigenvalue weighted by Crippen LogP contribution is -2.41. The number of pyridine rings is 1. The van der Waals surface area contributed by atoms with E-state index >= 15 is 0 Å². The number of carboxylic acids is 1. The molecule has 2 aromatic carbocycles. The van der Waals surface area contributed by atoms with Crippen molar-refractivity contribution in [2.24, 2.45) is 0 Å². The number of ether oxygens (including phenoxy) is 1. The van der Waals surface area contributed by atoms with E-state index in [0.717, 1.165) is 28.7 Å². The topological polar surface area (TPSA) is 118 Å². The van der Waals surface area contributed by atoms with Crippen LogP contribution < -0.4 is 10.6 Å². The molecule has 1 aliphatic carbocycles. The predicted molar refractivity (Wildman–Crippen MR) is 131 cm³/mol. The van der Waals surface area contributed by atoms with Crippen molar-refractivity contribution in [3.8, 4) is 11.1 Å². The summed E-state index contributed by atoms with van der Waals surface area (Å²) in [4.78, 5) is 40.2. The Kier molecular flexibility index (Phi) is 7.40. The molecule has 0 radical (unpaired) electrons. The second-order valence-electron chi connectivity index (χ2n) is 8.39. The molecule has 1 atom stereocenters. The van der Waals surface area contributed by atoms with Crippen LogP contribution in [-0.2, 0) is 9.53 Å². The van der Waals surface area contributed by atoms with Crippen molar-refractivity contribution in [1.82, 2.24) is 10.3 Å². The van der Waals surface area contributed by atoms with E-state index < -0.39 is 24.0 Å². The largest absolute Gasteiger partial charge is 0.480 e. The number of carbonyl (C=O) groups is 3. The van der Waals surface area contributed by atoms with Gasteiger partial charge in [-0.1, -0.05) is 68.3 Å². The number of carboxylic acid groups (broad SMARTS) is 1. The van der Waals surface area contributed by atoms with Crippen LogP contribution in [-0.4, -0.2) is 40.7 Å². The number of nitrogens with one attached hydrogen (secondary N) is 2. The summed E-state index contributed by atoms with van der Waals surface area (Å²) >= 11 is 0. The summed E-state index contributed by atoms with van der Waals surface area (Å²) in [6.07, 6.45) is 2.57. The molecule has 0 saturated heterocycles. The van der Waals surface area contributed by atoms with Gasteiger partial charge < -0.3 is 15.2 Å². The Morgan fingerprint density at radius 3 is 2.23 bits per heavy atom. The Balaban J connectivity index is 1.34. The molecule has 3 aromatic rings. The van der Waals surface area contributed by atoms with Crippen LogP contribution in [0.5, 0.6) is 0 Å². The zero-order chi connectivity index (χ0) is 24.8. The molecule has 0 unspecified atom stereocenters. The maximum Gasteiger partial charge on any atom is 0.411 e. The van der Waals surface area contributed by atoms with Crippen LogP contribution in [0, 0.1) is 0 Å². The van der Waals surface area contributed by atoms with Crippen LogP contribution in [0.3, 0.4) is 0 Å². The van der Waals surface area contributed by atoms with Crippen molar-refractivity contribution in [2.75, 3.05) is 11.9 Å². The fourth-order valence-corrected chi connectivity index (χ4v) is 4.25. The Hall–Kier alpha value is -4.20. The highest BCUT2D eigenvalue weighted by atomic mass is 16.5. The smallest absolute Gasteiger partial charge is 0.411 e. The first-order valence-corrected chi connectivity index (χ1v) is 11.6. The molecular formula is C27H27N3O5. The summed E-state index contributed by atoms with van der Waals surface area (Å²) in [5.74, 6) is -1.71. The van der Waals surface area contributed by atoms with Gasteiger partial charge in [-0.05, 0) is 40.8 Å². The van der Waals surface area contributed by atoms with E-state index in [1.54, 1.807) is 0 Å². The summed E-state index contributed by atoms with van der Waals surface area (Å²) in [5.41, 5.74) is 4.96. The van der Waals surface area contributed by atoms with E-state index in [1.165, 1.54) is 18.3 Å². The van der Waals surface area contributed by atoms with E-state index in [9.17, 15) is 19.5 Å². The number of hydrogen-bond donors (Lipinski definition) is 3. The summed E-state index contributed by atoms with van der Waals surface area (Å²) in [6, 6.07) is 18.2. The molecule has 0 aliphatic heterocycles. The van der Waals surface area contributed by atoms with Gasteiger partial charge in [0.2, 0.25) is 0 Å². The molecular weight excluding hydrogens is 446 g/mol. The minimum atomic E-state index is -1.08. The Morgan fingerprint density at radius 2 is 1.66 bits per heavy atom. The minimum absolute atomic E-state index is 0.0489. The molecule has 1 aromatic heterocycles. The normalized spacial score (nSPS) is 12.8. The standard InChI is InChI=1S/C27H27N3O5/c1-2-3-12-24(26(32)33)30-25(31)23-14-13-17(15-28-23)29-27(34)35-16-22-20-10-6-4-8-18(20)19-9-5-7-11-21(19)22/h4-11,13-15,22,24H,2-3,12,16H2,1H3,(H,29,34)(H,30,31)(H,32,33)/t24-/m0/s1. The van der Waals surface area contributed by atoms with E-state index in [-0.39, 0.29) is 18.2 Å². The molecule has 3 N–H and O–H groups in total. The van der Waals surface area contributed by atoms with Crippen LogP contribution in [0.2, 0.25) is 0 Å². The lowest BCUT2D eigenvalue weighted by Gasteiger charge is -2.15. The number of fused-ring (bicyclic) bond motifs is 3. The number of rotatable bonds is 9. The third-order valence-electron chi connectivity index (χ3n) is 6.04. The number of benzene rings is 2. The van der Waals surface area contributed by atoms with Crippen molar-refractivity contribution < 1.29 is 24.2 Å². The first-order valence-electron chi connectivity index (χ1n) is 11.6. The minimum Gasteiger partial charge on any atom is -0.480 e. The molecule has 1 aliphatic rings. The lowest BCUT2D eigenvalue weighted by molar-refractivity contribution is -0.139. The van der Waals surface area contributed by atoms with Gasteiger partial charge in [0.1, 0.15) is 18.3 Å². The SMILES string of the molecule is CCCC[C@H](NC(=O)c1ccc(NC(=O)OCC2c3ccccc3-c3ccccc32)cn1)C(=O)O. The molecule has 0 fully saturated rings. The summed E-state index contributed by atoms with van der Waals surface area (Å²) < 4.78 is 5.52. The van der Waals surface area contributed by atoms with Gasteiger partial charge in [-0.25, -0.2) is 14.6 Å². The summed E-state index contributed by atoms with van der Waals surface area (Å²) in [7, 11) is 0. The van der Waals surface area contributed by atoms with E-state index in [2.05, 4.69) is 27.8 Å². The molecule has 4 rings (SSSR count). The van der Waals surface area contributed by atoms with E-state index in [4.69, 9.17) is 4.74 Å². The van der Waals surface area contributed by atoms with Crippen LogP contribution in [0.15, 0.2) is 66.9 Å². The third-order valence-corrected chi connectivity index (χ3v) is 6.04. The monoisotopic (exact) mass is 473 g/mol. The van der Waals surface area contributed by atoms with Gasteiger partial charge in [-0.2, -0.15) is 0 Å². The quantitative estimate of drug-likeness (QED) is 0.410. The average Bonchev–Trinajstić information content (AvgIpc) is 3.19. The van der Waals surface area contributed by atoms with E-state index in [0.29, 0.717) is 18.5 Å². The first-order chi connectivity index (χ1) is 17.0. The van der Waals surface area contributed by atoms with Gasteiger partial charge in [-0.15, -0.1) is 0 Å². The molecule has 35 heavy (non-hydrogen) atoms. The van der Waals surface area contributed by atoms with Gasteiger partial charge >= 0.3 is 12.1 Å². The molecule has 2 amide bonds. The summed E-state index contributed by atoms with van der Waals surface area (Å²) in [6.45, 7) is 2.13. The molecule has 8 nitrogen and oxygen atoms in total. The number of aliphatic carboxylic acids is 1. The number of hydrogen-bond acceptors (Lipinski definition) is 5. The van der Waals surface area contributed by atoms with Crippen molar-refractivity contribution in [3.05, 3.63) is 83.7 Å². The van der Waals surface area contributed by atoms with Crippen molar-refractivity contribution in [3.63, 3.8) is 0 Å². The Labute approximate surface area is 203 Å². The zero-order valence-electron chi connectivity index (χ0n) is 19.4. The van der Waals surface area contributed by atoms with Gasteiger partial charge in [0, 0.05) is 5.92 Å². The predicted octanol–water partition coefficient (Wildman–Crippen LogP) is 4.82. The fraction of sp³-hybridized carbons (Fsp3) is 0.259. The molecule has 0 bridgehead atoms. The second-order valence-corrected chi connectivity index (χ2v) is 8.39. The maximum absolute atomic E-state index is 12.4. The second kappa shape index (κ2) is 10.8. The first kappa shape index (κ1) is 23.9. The van der Waals surface area contributed by atoms with Gasteiger partial charge in [0.25, 0.3) is 5.91 Å². The van der Waals surface area contributed by atoms with Crippen LogP contribution in [0.25, 0.3) is 11.1 Å². The molecule has 1 heterocycles. The van der Waals surface area contributed by atoms with Gasteiger partial charge in [0.15, 0.2) is 0 Å². The van der Waals surface area contributed by atoms with Crippen LogP contribution >= 0.6 is 0 Å². The zero-order valence-corrected chi connectivity index (χ0v) is 19.4. The number of unbranched alkanes of at least 4 members (excludes halogenated alkanes) is 1. The molecule has 0 saturated carbocycles.